The molecule has 0 atom stereocenters. The molecule has 1 saturated heterocycles. The van der Waals surface area contributed by atoms with E-state index in [4.69, 9.17) is 0 Å². The first-order valence-corrected chi connectivity index (χ1v) is 6.68. The van der Waals surface area contributed by atoms with Gasteiger partial charge in [0.1, 0.15) is 0 Å². The molecule has 0 unspecified atom stereocenters. The topological polar surface area (TPSA) is 32.3 Å². The molecule has 0 saturated carbocycles. The van der Waals surface area contributed by atoms with Crippen LogP contribution in [0.25, 0.3) is 0 Å². The van der Waals surface area contributed by atoms with Gasteiger partial charge in [0, 0.05) is 29.5 Å². The monoisotopic (exact) mass is 288 g/mol. The van der Waals surface area contributed by atoms with Gasteiger partial charge in [0.05, 0.1) is 4.88 Å². The normalized spacial score (nSPS) is 17.5. The molecule has 1 amide bonds. The summed E-state index contributed by atoms with van der Waals surface area (Å²) in [5.74, 6) is 0.161. The lowest BCUT2D eigenvalue weighted by atomic mass is 10.3. The third-order valence-electron chi connectivity index (χ3n) is 2.41. The average Bonchev–Trinajstić information content (AvgIpc) is 2.53. The quantitative estimate of drug-likeness (QED) is 0.857. The van der Waals surface area contributed by atoms with Crippen molar-refractivity contribution in [2.24, 2.45) is 0 Å². The molecule has 1 aliphatic rings. The molecule has 1 N–H and O–H groups in total. The van der Waals surface area contributed by atoms with Crippen LogP contribution in [0.5, 0.6) is 0 Å². The molecular weight excluding hydrogens is 276 g/mol. The van der Waals surface area contributed by atoms with Gasteiger partial charge in [0.2, 0.25) is 0 Å². The van der Waals surface area contributed by atoms with Crippen molar-refractivity contribution in [1.29, 1.82) is 0 Å². The van der Waals surface area contributed by atoms with Crippen LogP contribution >= 0.6 is 27.3 Å². The molecular formula is C10H13BrN2OS. The minimum absolute atomic E-state index is 0.161. The standard InChI is InChI=1S/C10H13BrN2OS/c11-8-6-9(15-7-8)10(14)13-4-1-2-12-3-5-13/h6-7,12H,1-5H2. The van der Waals surface area contributed by atoms with Crippen LogP contribution in [-0.2, 0) is 0 Å². The van der Waals surface area contributed by atoms with E-state index in [-0.39, 0.29) is 5.91 Å². The number of rotatable bonds is 1. The third-order valence-corrected chi connectivity index (χ3v) is 4.08. The van der Waals surface area contributed by atoms with Crippen LogP contribution in [-0.4, -0.2) is 37.0 Å². The number of hydrogen-bond acceptors (Lipinski definition) is 3. The SMILES string of the molecule is O=C(c1cc(Br)cs1)N1CCCNCC1. The number of hydrogen-bond donors (Lipinski definition) is 1. The first kappa shape index (κ1) is 11.1. The second kappa shape index (κ2) is 5.09. The molecule has 2 heterocycles. The highest BCUT2D eigenvalue weighted by atomic mass is 79.9. The second-order valence-corrected chi connectivity index (χ2v) is 5.35. The van der Waals surface area contributed by atoms with Crippen molar-refractivity contribution in [2.75, 3.05) is 26.2 Å². The number of nitrogens with one attached hydrogen (secondary N) is 1. The van der Waals surface area contributed by atoms with Crippen LogP contribution in [0.3, 0.4) is 0 Å². The number of halogens is 1. The van der Waals surface area contributed by atoms with Crippen LogP contribution in [0.15, 0.2) is 15.9 Å². The van der Waals surface area contributed by atoms with Crippen LogP contribution in [0.4, 0.5) is 0 Å². The van der Waals surface area contributed by atoms with E-state index in [9.17, 15) is 4.79 Å². The zero-order chi connectivity index (χ0) is 10.7. The summed E-state index contributed by atoms with van der Waals surface area (Å²) in [6, 6.07) is 1.89. The number of nitrogens with zero attached hydrogens (tertiary/aromatic N) is 1. The van der Waals surface area contributed by atoms with Gasteiger partial charge in [-0.15, -0.1) is 11.3 Å². The van der Waals surface area contributed by atoms with Gasteiger partial charge >= 0.3 is 0 Å². The minimum atomic E-state index is 0.161. The Morgan fingerprint density at radius 1 is 1.47 bits per heavy atom. The zero-order valence-corrected chi connectivity index (χ0v) is 10.7. The molecule has 5 heteroatoms. The summed E-state index contributed by atoms with van der Waals surface area (Å²) >= 11 is 4.87. The van der Waals surface area contributed by atoms with Crippen molar-refractivity contribution < 1.29 is 4.79 Å². The molecule has 1 aromatic heterocycles. The molecule has 1 aromatic rings. The summed E-state index contributed by atoms with van der Waals surface area (Å²) in [6.07, 6.45) is 1.04. The van der Waals surface area contributed by atoms with Gasteiger partial charge in [0.15, 0.2) is 0 Å². The molecule has 0 spiro atoms. The molecule has 15 heavy (non-hydrogen) atoms. The van der Waals surface area contributed by atoms with Crippen molar-refractivity contribution in [3.05, 3.63) is 20.8 Å². The molecule has 0 aliphatic carbocycles. The van der Waals surface area contributed by atoms with Gasteiger partial charge in [-0.3, -0.25) is 4.79 Å². The van der Waals surface area contributed by atoms with Gasteiger partial charge in [-0.05, 0) is 35.0 Å². The lowest BCUT2D eigenvalue weighted by Gasteiger charge is -2.18. The van der Waals surface area contributed by atoms with Crippen LogP contribution in [0.1, 0.15) is 16.1 Å². The van der Waals surface area contributed by atoms with E-state index in [0.29, 0.717) is 0 Å². The summed E-state index contributed by atoms with van der Waals surface area (Å²) in [7, 11) is 0. The first-order chi connectivity index (χ1) is 7.27. The Morgan fingerprint density at radius 2 is 2.33 bits per heavy atom. The van der Waals surface area contributed by atoms with Gasteiger partial charge in [-0.25, -0.2) is 0 Å². The van der Waals surface area contributed by atoms with E-state index in [1.54, 1.807) is 0 Å². The van der Waals surface area contributed by atoms with Crippen molar-refractivity contribution in [2.45, 2.75) is 6.42 Å². The predicted octanol–water partition coefficient (Wildman–Crippen LogP) is 1.95. The molecule has 3 nitrogen and oxygen atoms in total. The van der Waals surface area contributed by atoms with Crippen LogP contribution < -0.4 is 5.32 Å². The summed E-state index contributed by atoms with van der Waals surface area (Å²) < 4.78 is 0.990. The van der Waals surface area contributed by atoms with E-state index < -0.39 is 0 Å². The summed E-state index contributed by atoms with van der Waals surface area (Å²) in [4.78, 5) is 14.8. The molecule has 0 radical (unpaired) electrons. The van der Waals surface area contributed by atoms with E-state index >= 15 is 0 Å². The summed E-state index contributed by atoms with van der Waals surface area (Å²) in [5, 5.41) is 5.24. The smallest absolute Gasteiger partial charge is 0.264 e. The van der Waals surface area contributed by atoms with Crippen molar-refractivity contribution in [3.8, 4) is 0 Å². The fourth-order valence-corrected chi connectivity index (χ4v) is 3.02. The maximum Gasteiger partial charge on any atom is 0.264 e. The molecule has 1 aliphatic heterocycles. The number of thiophene rings is 1. The Bertz CT molecular complexity index is 345. The third kappa shape index (κ3) is 2.80. The molecule has 82 valence electrons. The van der Waals surface area contributed by atoms with Crippen molar-refractivity contribution in [3.63, 3.8) is 0 Å². The Balaban J connectivity index is 2.06. The predicted molar refractivity (Wildman–Crippen MR) is 65.4 cm³/mol. The number of carbonyl (C=O) groups is 1. The highest BCUT2D eigenvalue weighted by Crippen LogP contribution is 2.21. The largest absolute Gasteiger partial charge is 0.337 e. The highest BCUT2D eigenvalue weighted by molar-refractivity contribution is 9.10. The van der Waals surface area contributed by atoms with Gasteiger partial charge < -0.3 is 10.2 Å². The number of amides is 1. The maximum absolute atomic E-state index is 12.1. The molecule has 0 aromatic carbocycles. The lowest BCUT2D eigenvalue weighted by molar-refractivity contribution is 0.0771. The maximum atomic E-state index is 12.1. The fraction of sp³-hybridized carbons (Fsp3) is 0.500. The molecule has 0 bridgehead atoms. The summed E-state index contributed by atoms with van der Waals surface area (Å²) in [5.41, 5.74) is 0. The van der Waals surface area contributed by atoms with Gasteiger partial charge in [0.25, 0.3) is 5.91 Å². The molecule has 2 rings (SSSR count). The second-order valence-electron chi connectivity index (χ2n) is 3.52. The highest BCUT2D eigenvalue weighted by Gasteiger charge is 2.18. The Kier molecular flexibility index (Phi) is 3.77. The molecule has 1 fully saturated rings. The number of carbonyl (C=O) groups excluding carboxylic acids is 1. The van der Waals surface area contributed by atoms with Gasteiger partial charge in [-0.2, -0.15) is 0 Å². The van der Waals surface area contributed by atoms with E-state index in [1.165, 1.54) is 11.3 Å². The van der Waals surface area contributed by atoms with E-state index in [2.05, 4.69) is 21.2 Å². The fourth-order valence-electron chi connectivity index (χ4n) is 1.63. The van der Waals surface area contributed by atoms with Crippen molar-refractivity contribution in [1.82, 2.24) is 10.2 Å². The van der Waals surface area contributed by atoms with Crippen LogP contribution in [0.2, 0.25) is 0 Å². The van der Waals surface area contributed by atoms with Crippen LogP contribution in [0, 0.1) is 0 Å². The van der Waals surface area contributed by atoms with Crippen molar-refractivity contribution >= 4 is 33.2 Å². The van der Waals surface area contributed by atoms with E-state index in [0.717, 1.165) is 41.9 Å². The van der Waals surface area contributed by atoms with Gasteiger partial charge in [-0.1, -0.05) is 0 Å². The Labute approximate surface area is 102 Å². The summed E-state index contributed by atoms with van der Waals surface area (Å²) in [6.45, 7) is 3.59. The lowest BCUT2D eigenvalue weighted by Crippen LogP contribution is -2.33. The first-order valence-electron chi connectivity index (χ1n) is 5.01. The Morgan fingerprint density at radius 3 is 3.07 bits per heavy atom. The minimum Gasteiger partial charge on any atom is -0.337 e. The zero-order valence-electron chi connectivity index (χ0n) is 8.33. The average molecular weight is 289 g/mol. The Hall–Kier alpha value is -0.390. The van der Waals surface area contributed by atoms with E-state index in [1.807, 2.05) is 16.3 Å².